The van der Waals surface area contributed by atoms with Gasteiger partial charge in [0.25, 0.3) is 0 Å². The topological polar surface area (TPSA) is 75.2 Å². The zero-order chi connectivity index (χ0) is 37.9. The van der Waals surface area contributed by atoms with Gasteiger partial charge in [-0.1, -0.05) is 109 Å². The normalized spacial score (nSPS) is 12.7. The molecule has 0 fully saturated rings. The lowest BCUT2D eigenvalue weighted by Gasteiger charge is -2.21. The molecule has 0 atom stereocenters. The van der Waals surface area contributed by atoms with E-state index in [4.69, 9.17) is 25.1 Å². The third-order valence-corrected chi connectivity index (χ3v) is 11.9. The molecule has 6 heteroatoms. The molecule has 8 aromatic carbocycles. The summed E-state index contributed by atoms with van der Waals surface area (Å²) in [4.78, 5) is 21.1. The SMILES string of the molecule is c1ccc(-c2ccc3c(c2-c2ccnnc2-c2c(-c4ccccc4)ccc4c2-c2c5c(ccc2=N4)=c2ccccc2=N5)-c2c4c(ccc2=N3)=c2ccccc2=N4)cc1. The summed E-state index contributed by atoms with van der Waals surface area (Å²) in [5, 5.41) is 18.0. The first-order valence-electron chi connectivity index (χ1n) is 19.5. The van der Waals surface area contributed by atoms with E-state index < -0.39 is 0 Å². The van der Waals surface area contributed by atoms with Crippen molar-refractivity contribution in [1.82, 2.24) is 10.2 Å². The van der Waals surface area contributed by atoms with Crippen LogP contribution in [0.15, 0.2) is 190 Å². The number of nitrogens with zero attached hydrogens (tertiary/aromatic N) is 6. The molecule has 0 bridgehead atoms. The Labute approximate surface area is 330 Å². The maximum absolute atomic E-state index is 5.27. The number of para-hydroxylation sites is 2. The Hall–Kier alpha value is -7.96. The van der Waals surface area contributed by atoms with Crippen molar-refractivity contribution in [3.8, 4) is 66.9 Å². The van der Waals surface area contributed by atoms with Crippen molar-refractivity contribution in [1.29, 1.82) is 0 Å². The summed E-state index contributed by atoms with van der Waals surface area (Å²) >= 11 is 0. The molecular formula is C52H28N6. The van der Waals surface area contributed by atoms with Crippen LogP contribution in [0.1, 0.15) is 0 Å². The van der Waals surface area contributed by atoms with Gasteiger partial charge in [-0.25, -0.2) is 20.0 Å². The second-order valence-corrected chi connectivity index (χ2v) is 15.0. The molecule has 0 saturated heterocycles. The molecule has 0 spiro atoms. The van der Waals surface area contributed by atoms with E-state index in [1.54, 1.807) is 0 Å². The summed E-state index contributed by atoms with van der Waals surface area (Å²) in [7, 11) is 0. The lowest BCUT2D eigenvalue weighted by molar-refractivity contribution is 1.04. The number of hydrogen-bond acceptors (Lipinski definition) is 6. The van der Waals surface area contributed by atoms with E-state index in [0.29, 0.717) is 0 Å². The molecule has 58 heavy (non-hydrogen) atoms. The highest BCUT2D eigenvalue weighted by atomic mass is 15.1. The van der Waals surface area contributed by atoms with E-state index in [9.17, 15) is 0 Å². The van der Waals surface area contributed by atoms with E-state index >= 15 is 0 Å². The molecule has 266 valence electrons. The number of rotatable bonds is 4. The van der Waals surface area contributed by atoms with E-state index in [0.717, 1.165) is 132 Å². The van der Waals surface area contributed by atoms with E-state index in [1.165, 1.54) is 0 Å². The van der Waals surface area contributed by atoms with Crippen LogP contribution in [-0.2, 0) is 0 Å². The molecule has 1 aromatic heterocycles. The van der Waals surface area contributed by atoms with E-state index in [-0.39, 0.29) is 0 Å². The maximum Gasteiger partial charge on any atom is 0.102 e. The average molecular weight is 737 g/mol. The largest absolute Gasteiger partial charge is 0.248 e. The van der Waals surface area contributed by atoms with Gasteiger partial charge in [0.05, 0.1) is 50.4 Å². The van der Waals surface area contributed by atoms with Crippen LogP contribution < -0.4 is 21.4 Å². The maximum atomic E-state index is 5.27. The van der Waals surface area contributed by atoms with Crippen LogP contribution in [0, 0.1) is 20.9 Å². The van der Waals surface area contributed by atoms with Gasteiger partial charge in [0.2, 0.25) is 0 Å². The second-order valence-electron chi connectivity index (χ2n) is 15.0. The van der Waals surface area contributed by atoms with Crippen LogP contribution in [0.3, 0.4) is 0 Å². The van der Waals surface area contributed by atoms with Crippen LogP contribution in [0.5, 0.6) is 0 Å². The first kappa shape index (κ1) is 31.3. The Balaban J connectivity index is 1.17. The highest BCUT2D eigenvalue weighted by molar-refractivity contribution is 6.10. The highest BCUT2D eigenvalue weighted by Crippen LogP contribution is 2.54. The van der Waals surface area contributed by atoms with Gasteiger partial charge in [0, 0.05) is 59.8 Å². The third kappa shape index (κ3) is 4.31. The fourth-order valence-electron chi connectivity index (χ4n) is 9.44. The Morgan fingerprint density at radius 3 is 1.36 bits per heavy atom. The fourth-order valence-corrected chi connectivity index (χ4v) is 9.44. The third-order valence-electron chi connectivity index (χ3n) is 11.9. The second kappa shape index (κ2) is 11.8. The van der Waals surface area contributed by atoms with Gasteiger partial charge >= 0.3 is 0 Å². The number of benzene rings is 8. The standard InChI is InChI=1S/C52H28N6/c1-3-11-29(12-4-1)31-19-23-40-46(48-42(54-40)25-21-35-33-15-7-9-17-38(33)56-50(35)48)44(31)37-27-28-53-58-52(37)45-32(30-13-5-2-6-14-30)20-24-41-47(45)49-43(55-41)26-22-36-34-16-8-10-18-39(34)57-51(36)49/h1-28H. The summed E-state index contributed by atoms with van der Waals surface area (Å²) < 4.78 is 0. The summed E-state index contributed by atoms with van der Waals surface area (Å²) in [5.41, 5.74) is 15.8. The van der Waals surface area contributed by atoms with E-state index in [1.807, 2.05) is 12.3 Å². The van der Waals surface area contributed by atoms with Crippen molar-refractivity contribution < 1.29 is 0 Å². The molecule has 13 rings (SSSR count). The van der Waals surface area contributed by atoms with Crippen molar-refractivity contribution in [2.24, 2.45) is 20.0 Å². The molecule has 0 radical (unpaired) electrons. The fraction of sp³-hybridized carbons (Fsp3) is 0. The molecule has 0 unspecified atom stereocenters. The van der Waals surface area contributed by atoms with Gasteiger partial charge in [-0.2, -0.15) is 5.10 Å². The smallest absolute Gasteiger partial charge is 0.102 e. The molecule has 9 aromatic rings. The van der Waals surface area contributed by atoms with Crippen LogP contribution in [0.25, 0.3) is 66.9 Å². The zero-order valence-corrected chi connectivity index (χ0v) is 30.8. The Morgan fingerprint density at radius 2 is 0.793 bits per heavy atom. The van der Waals surface area contributed by atoms with Gasteiger partial charge < -0.3 is 0 Å². The molecule has 0 aliphatic carbocycles. The zero-order valence-electron chi connectivity index (χ0n) is 30.8. The van der Waals surface area contributed by atoms with Crippen molar-refractivity contribution in [3.05, 3.63) is 212 Å². The molecule has 0 amide bonds. The minimum Gasteiger partial charge on any atom is -0.248 e. The van der Waals surface area contributed by atoms with Gasteiger partial charge in [-0.3, -0.25) is 0 Å². The highest BCUT2D eigenvalue weighted by Gasteiger charge is 2.32. The Bertz CT molecular complexity index is 3540. The first-order chi connectivity index (χ1) is 28.8. The minimum atomic E-state index is 0.765. The van der Waals surface area contributed by atoms with Gasteiger partial charge in [-0.05, 0) is 76.9 Å². The van der Waals surface area contributed by atoms with Gasteiger partial charge in [0.15, 0.2) is 0 Å². The van der Waals surface area contributed by atoms with Crippen LogP contribution in [0.2, 0.25) is 0 Å². The van der Waals surface area contributed by atoms with Crippen molar-refractivity contribution in [2.75, 3.05) is 0 Å². The van der Waals surface area contributed by atoms with Crippen molar-refractivity contribution in [2.45, 2.75) is 0 Å². The van der Waals surface area contributed by atoms with Gasteiger partial charge in [-0.15, -0.1) is 5.10 Å². The van der Waals surface area contributed by atoms with E-state index in [2.05, 4.69) is 163 Å². The molecule has 4 aliphatic heterocycles. The quantitative estimate of drug-likeness (QED) is 0.180. The predicted octanol–water partition coefficient (Wildman–Crippen LogP) is 10.1. The van der Waals surface area contributed by atoms with Crippen LogP contribution in [0.4, 0.5) is 22.7 Å². The predicted molar refractivity (Wildman–Crippen MR) is 226 cm³/mol. The molecular weight excluding hydrogens is 709 g/mol. The summed E-state index contributed by atoms with van der Waals surface area (Å²) in [6.45, 7) is 0. The minimum absolute atomic E-state index is 0.765. The number of fused-ring (bicyclic) bond motifs is 12. The Morgan fingerprint density at radius 1 is 0.293 bits per heavy atom. The summed E-state index contributed by atoms with van der Waals surface area (Å²) in [6.07, 6.45) is 1.81. The van der Waals surface area contributed by atoms with Crippen LogP contribution >= 0.6 is 0 Å². The molecule has 5 heterocycles. The first-order valence-corrected chi connectivity index (χ1v) is 19.5. The van der Waals surface area contributed by atoms with Crippen molar-refractivity contribution in [3.63, 3.8) is 0 Å². The molecule has 4 aliphatic rings. The summed E-state index contributed by atoms with van der Waals surface area (Å²) in [5.74, 6) is 0. The number of hydrogen-bond donors (Lipinski definition) is 0. The van der Waals surface area contributed by atoms with Crippen LogP contribution in [-0.4, -0.2) is 10.2 Å². The molecule has 0 N–H and O–H groups in total. The monoisotopic (exact) mass is 736 g/mol. The summed E-state index contributed by atoms with van der Waals surface area (Å²) in [6, 6.07) is 57.3. The lowest BCUT2D eigenvalue weighted by Crippen LogP contribution is -2.04. The van der Waals surface area contributed by atoms with Crippen molar-refractivity contribution >= 4 is 22.7 Å². The Kier molecular flexibility index (Phi) is 6.35. The average Bonchev–Trinajstić information content (AvgIpc) is 4.06. The molecule has 6 nitrogen and oxygen atoms in total. The molecule has 0 saturated carbocycles. The number of aromatic nitrogens is 2. The van der Waals surface area contributed by atoms with Gasteiger partial charge in [0.1, 0.15) is 5.69 Å². The lowest BCUT2D eigenvalue weighted by atomic mass is 9.82.